The summed E-state index contributed by atoms with van der Waals surface area (Å²) in [5, 5.41) is 3.18. The largest absolute Gasteiger partial charge is 0.340 e. The van der Waals surface area contributed by atoms with Crippen LogP contribution in [0.5, 0.6) is 0 Å². The average Bonchev–Trinajstić information content (AvgIpc) is 2.66. The standard InChI is InChI=1S/C13H25N3O/c1-11(2)16-8-3-5-12(16)10-15-7-4-6-14-9-13(15)17/h11-12,14H,3-10H2,1-2H3. The van der Waals surface area contributed by atoms with Gasteiger partial charge in [-0.15, -0.1) is 0 Å². The fraction of sp³-hybridized carbons (Fsp3) is 0.923. The minimum Gasteiger partial charge on any atom is -0.340 e. The van der Waals surface area contributed by atoms with Gasteiger partial charge in [0.15, 0.2) is 0 Å². The highest BCUT2D eigenvalue weighted by atomic mass is 16.2. The van der Waals surface area contributed by atoms with Crippen molar-refractivity contribution in [3.05, 3.63) is 0 Å². The van der Waals surface area contributed by atoms with Gasteiger partial charge in [0, 0.05) is 25.2 Å². The summed E-state index contributed by atoms with van der Waals surface area (Å²) in [5.41, 5.74) is 0. The van der Waals surface area contributed by atoms with Gasteiger partial charge >= 0.3 is 0 Å². The second-order valence-electron chi connectivity index (χ2n) is 5.50. The minimum atomic E-state index is 0.276. The minimum absolute atomic E-state index is 0.276. The molecule has 0 aromatic carbocycles. The van der Waals surface area contributed by atoms with E-state index >= 15 is 0 Å². The SMILES string of the molecule is CC(C)N1CCCC1CN1CCCNCC1=O. The lowest BCUT2D eigenvalue weighted by atomic mass is 10.2. The van der Waals surface area contributed by atoms with Crippen LogP contribution in [-0.4, -0.2) is 60.5 Å². The van der Waals surface area contributed by atoms with Crippen molar-refractivity contribution in [3.63, 3.8) is 0 Å². The molecule has 2 rings (SSSR count). The molecule has 1 unspecified atom stereocenters. The molecule has 2 aliphatic heterocycles. The van der Waals surface area contributed by atoms with Gasteiger partial charge < -0.3 is 10.2 Å². The van der Waals surface area contributed by atoms with Crippen molar-refractivity contribution in [2.45, 2.75) is 45.2 Å². The Morgan fingerprint density at radius 3 is 2.94 bits per heavy atom. The summed E-state index contributed by atoms with van der Waals surface area (Å²) in [6.07, 6.45) is 3.61. The van der Waals surface area contributed by atoms with Gasteiger partial charge in [0.1, 0.15) is 0 Å². The Balaban J connectivity index is 1.92. The first-order valence-electron chi connectivity index (χ1n) is 6.92. The van der Waals surface area contributed by atoms with Crippen molar-refractivity contribution in [1.29, 1.82) is 0 Å². The second-order valence-corrected chi connectivity index (χ2v) is 5.50. The normalized spacial score (nSPS) is 27.8. The van der Waals surface area contributed by atoms with E-state index in [4.69, 9.17) is 0 Å². The summed E-state index contributed by atoms with van der Waals surface area (Å²) >= 11 is 0. The molecule has 4 heteroatoms. The van der Waals surface area contributed by atoms with Crippen LogP contribution >= 0.6 is 0 Å². The van der Waals surface area contributed by atoms with E-state index in [1.54, 1.807) is 0 Å². The smallest absolute Gasteiger partial charge is 0.236 e. The third kappa shape index (κ3) is 3.19. The molecule has 2 aliphatic rings. The summed E-state index contributed by atoms with van der Waals surface area (Å²) in [6.45, 7) is 9.05. The molecule has 1 atom stereocenters. The molecule has 0 bridgehead atoms. The lowest BCUT2D eigenvalue weighted by Crippen LogP contribution is -2.46. The lowest BCUT2D eigenvalue weighted by Gasteiger charge is -2.32. The zero-order valence-electron chi connectivity index (χ0n) is 11.1. The Kier molecular flexibility index (Phi) is 4.40. The van der Waals surface area contributed by atoms with Gasteiger partial charge in [-0.1, -0.05) is 0 Å². The molecule has 1 amide bonds. The third-order valence-electron chi connectivity index (χ3n) is 3.93. The van der Waals surface area contributed by atoms with Gasteiger partial charge in [-0.25, -0.2) is 0 Å². The number of rotatable bonds is 3. The van der Waals surface area contributed by atoms with Crippen LogP contribution in [0.3, 0.4) is 0 Å². The van der Waals surface area contributed by atoms with Crippen LogP contribution in [0.25, 0.3) is 0 Å². The van der Waals surface area contributed by atoms with E-state index in [9.17, 15) is 4.79 Å². The number of carbonyl (C=O) groups excluding carboxylic acids is 1. The third-order valence-corrected chi connectivity index (χ3v) is 3.93. The van der Waals surface area contributed by atoms with E-state index in [2.05, 4.69) is 29.0 Å². The molecule has 98 valence electrons. The maximum absolute atomic E-state index is 11.9. The van der Waals surface area contributed by atoms with Crippen molar-refractivity contribution in [2.75, 3.05) is 32.7 Å². The molecule has 0 radical (unpaired) electrons. The van der Waals surface area contributed by atoms with Crippen LogP contribution in [0, 0.1) is 0 Å². The Hall–Kier alpha value is -0.610. The topological polar surface area (TPSA) is 35.6 Å². The Morgan fingerprint density at radius 2 is 2.18 bits per heavy atom. The van der Waals surface area contributed by atoms with E-state index in [-0.39, 0.29) is 5.91 Å². The van der Waals surface area contributed by atoms with E-state index < -0.39 is 0 Å². The van der Waals surface area contributed by atoms with Crippen LogP contribution < -0.4 is 5.32 Å². The fourth-order valence-electron chi connectivity index (χ4n) is 3.01. The van der Waals surface area contributed by atoms with Crippen molar-refractivity contribution >= 4 is 5.91 Å². The van der Waals surface area contributed by atoms with Crippen molar-refractivity contribution < 1.29 is 4.79 Å². The number of carbonyl (C=O) groups is 1. The molecule has 0 aromatic rings. The molecule has 1 N–H and O–H groups in total. The number of hydrogen-bond donors (Lipinski definition) is 1. The molecule has 17 heavy (non-hydrogen) atoms. The van der Waals surface area contributed by atoms with Gasteiger partial charge in [-0.2, -0.15) is 0 Å². The molecule has 2 saturated heterocycles. The highest BCUT2D eigenvalue weighted by Gasteiger charge is 2.29. The van der Waals surface area contributed by atoms with Crippen molar-refractivity contribution in [1.82, 2.24) is 15.1 Å². The van der Waals surface area contributed by atoms with Gasteiger partial charge in [-0.05, 0) is 46.2 Å². The average molecular weight is 239 g/mol. The Labute approximate surface area is 104 Å². The Morgan fingerprint density at radius 1 is 1.35 bits per heavy atom. The number of likely N-dealkylation sites (tertiary alicyclic amines) is 1. The Bertz CT molecular complexity index is 267. The maximum atomic E-state index is 11.9. The summed E-state index contributed by atoms with van der Waals surface area (Å²) in [4.78, 5) is 16.5. The molecule has 4 nitrogen and oxygen atoms in total. The van der Waals surface area contributed by atoms with Gasteiger partial charge in [0.2, 0.25) is 5.91 Å². The molecule has 0 saturated carbocycles. The quantitative estimate of drug-likeness (QED) is 0.787. The molecule has 2 fully saturated rings. The first kappa shape index (κ1) is 12.8. The van der Waals surface area contributed by atoms with Crippen molar-refractivity contribution in [2.24, 2.45) is 0 Å². The van der Waals surface area contributed by atoms with Gasteiger partial charge in [-0.3, -0.25) is 9.69 Å². The first-order valence-corrected chi connectivity index (χ1v) is 6.92. The number of nitrogens with zero attached hydrogens (tertiary/aromatic N) is 2. The second kappa shape index (κ2) is 5.83. The van der Waals surface area contributed by atoms with E-state index in [1.807, 2.05) is 0 Å². The molecule has 0 aliphatic carbocycles. The van der Waals surface area contributed by atoms with Crippen molar-refractivity contribution in [3.8, 4) is 0 Å². The zero-order chi connectivity index (χ0) is 12.3. The highest BCUT2D eigenvalue weighted by Crippen LogP contribution is 2.21. The van der Waals surface area contributed by atoms with Crippen LogP contribution in [-0.2, 0) is 4.79 Å². The fourth-order valence-corrected chi connectivity index (χ4v) is 3.01. The summed E-state index contributed by atoms with van der Waals surface area (Å²) < 4.78 is 0. The number of amides is 1. The maximum Gasteiger partial charge on any atom is 0.236 e. The molecule has 2 heterocycles. The molecule has 0 spiro atoms. The highest BCUT2D eigenvalue weighted by molar-refractivity contribution is 5.78. The predicted molar refractivity (Wildman–Crippen MR) is 68.9 cm³/mol. The number of nitrogens with one attached hydrogen (secondary N) is 1. The summed E-state index contributed by atoms with van der Waals surface area (Å²) in [5.74, 6) is 0.276. The van der Waals surface area contributed by atoms with E-state index in [0.29, 0.717) is 18.6 Å². The predicted octanol–water partition coefficient (Wildman–Crippen LogP) is 0.681. The van der Waals surface area contributed by atoms with Crippen LogP contribution in [0.15, 0.2) is 0 Å². The summed E-state index contributed by atoms with van der Waals surface area (Å²) in [7, 11) is 0. The van der Waals surface area contributed by atoms with Crippen LogP contribution in [0.2, 0.25) is 0 Å². The van der Waals surface area contributed by atoms with Crippen LogP contribution in [0.4, 0.5) is 0 Å². The molecule has 0 aromatic heterocycles. The lowest BCUT2D eigenvalue weighted by molar-refractivity contribution is -0.130. The molecular weight excluding hydrogens is 214 g/mol. The molecular formula is C13H25N3O. The van der Waals surface area contributed by atoms with E-state index in [1.165, 1.54) is 19.4 Å². The van der Waals surface area contributed by atoms with E-state index in [0.717, 1.165) is 26.1 Å². The van der Waals surface area contributed by atoms with Crippen LogP contribution in [0.1, 0.15) is 33.1 Å². The van der Waals surface area contributed by atoms with Gasteiger partial charge in [0.25, 0.3) is 0 Å². The summed E-state index contributed by atoms with van der Waals surface area (Å²) in [6, 6.07) is 1.18. The first-order chi connectivity index (χ1) is 8.18. The monoisotopic (exact) mass is 239 g/mol. The van der Waals surface area contributed by atoms with Gasteiger partial charge in [0.05, 0.1) is 6.54 Å². The zero-order valence-corrected chi connectivity index (χ0v) is 11.1. The number of hydrogen-bond acceptors (Lipinski definition) is 3.